The fourth-order valence-corrected chi connectivity index (χ4v) is 1.56. The number of carboxylic acid groups (broad SMARTS) is 3. The molecule has 6 nitrogen and oxygen atoms in total. The van der Waals surface area contributed by atoms with Crippen LogP contribution in [0.2, 0.25) is 0 Å². The van der Waals surface area contributed by atoms with E-state index < -0.39 is 17.9 Å². The number of rotatable bonds is 12. The maximum atomic E-state index is 9.76. The van der Waals surface area contributed by atoms with Crippen LogP contribution < -0.4 is 15.3 Å². The van der Waals surface area contributed by atoms with Gasteiger partial charge in [0.1, 0.15) is 0 Å². The van der Waals surface area contributed by atoms with Crippen LogP contribution in [0.3, 0.4) is 0 Å². The summed E-state index contributed by atoms with van der Waals surface area (Å²) in [5.41, 5.74) is 0. The molecule has 0 saturated carbocycles. The SMILES string of the molecule is CCCCCC(=O)[O-].CCCCCC(=O)[O-].CCCCCC(=O)[O-].[In+3]. The van der Waals surface area contributed by atoms with E-state index in [0.29, 0.717) is 0 Å². The van der Waals surface area contributed by atoms with Crippen molar-refractivity contribution >= 4 is 43.8 Å². The van der Waals surface area contributed by atoms with E-state index in [1.54, 1.807) is 0 Å². The van der Waals surface area contributed by atoms with Crippen LogP contribution in [0.25, 0.3) is 0 Å². The van der Waals surface area contributed by atoms with E-state index in [4.69, 9.17) is 0 Å². The fraction of sp³-hybridized carbons (Fsp3) is 0.833. The van der Waals surface area contributed by atoms with Crippen LogP contribution in [0.15, 0.2) is 0 Å². The zero-order valence-corrected chi connectivity index (χ0v) is 19.3. The molecule has 0 aliphatic rings. The van der Waals surface area contributed by atoms with E-state index in [-0.39, 0.29) is 45.1 Å². The van der Waals surface area contributed by atoms with Crippen molar-refractivity contribution in [1.29, 1.82) is 0 Å². The molecular weight excluding hydrogens is 427 g/mol. The molecule has 0 spiro atoms. The van der Waals surface area contributed by atoms with Gasteiger partial charge in [-0.15, -0.1) is 0 Å². The Bertz CT molecular complexity index is 260. The molecule has 25 heavy (non-hydrogen) atoms. The summed E-state index contributed by atoms with van der Waals surface area (Å²) in [4.78, 5) is 29.3. The van der Waals surface area contributed by atoms with Crippen LogP contribution >= 0.6 is 0 Å². The van der Waals surface area contributed by atoms with Gasteiger partial charge < -0.3 is 29.7 Å². The van der Waals surface area contributed by atoms with Gasteiger partial charge in [-0.3, -0.25) is 0 Å². The van der Waals surface area contributed by atoms with E-state index in [1.165, 1.54) is 0 Å². The number of carbonyl (C=O) groups is 3. The predicted molar refractivity (Wildman–Crippen MR) is 93.2 cm³/mol. The first kappa shape index (κ1) is 32.0. The van der Waals surface area contributed by atoms with Crippen LogP contribution in [0, 0.1) is 0 Å². The molecule has 0 heterocycles. The third-order valence-corrected chi connectivity index (χ3v) is 2.95. The summed E-state index contributed by atoms with van der Waals surface area (Å²) in [6.07, 6.45) is 9.11. The average Bonchev–Trinajstić information content (AvgIpc) is 2.48. The van der Waals surface area contributed by atoms with Crippen LogP contribution in [0.4, 0.5) is 0 Å². The summed E-state index contributed by atoms with van der Waals surface area (Å²) >= 11 is 0. The standard InChI is InChI=1S/3C6H12O2.In/c3*1-2-3-4-5-6(7)8;/h3*2-5H2,1H3,(H,7,8);/q;;;+3/p-3. The molecule has 7 heteroatoms. The van der Waals surface area contributed by atoms with Gasteiger partial charge in [-0.25, -0.2) is 0 Å². The largest absolute Gasteiger partial charge is 3.00 e. The van der Waals surface area contributed by atoms with Crippen LogP contribution in [0.1, 0.15) is 97.8 Å². The molecule has 0 aliphatic carbocycles. The van der Waals surface area contributed by atoms with Crippen molar-refractivity contribution in [3.05, 3.63) is 0 Å². The molecule has 0 unspecified atom stereocenters. The Labute approximate surface area is 171 Å². The Morgan fingerprint density at radius 3 is 0.840 bits per heavy atom. The Kier molecular flexibility index (Phi) is 36.0. The minimum atomic E-state index is -0.932. The molecule has 0 aromatic rings. The van der Waals surface area contributed by atoms with Gasteiger partial charge in [-0.05, 0) is 38.5 Å². The third kappa shape index (κ3) is 51.7. The van der Waals surface area contributed by atoms with Crippen molar-refractivity contribution in [2.45, 2.75) is 97.8 Å². The van der Waals surface area contributed by atoms with E-state index in [0.717, 1.165) is 57.8 Å². The van der Waals surface area contributed by atoms with Gasteiger partial charge in [0.2, 0.25) is 0 Å². The topological polar surface area (TPSA) is 120 Å². The fourth-order valence-electron chi connectivity index (χ4n) is 1.56. The maximum absolute atomic E-state index is 9.76. The zero-order chi connectivity index (χ0) is 19.2. The monoisotopic (exact) mass is 460 g/mol. The number of carboxylic acids is 3. The third-order valence-electron chi connectivity index (χ3n) is 2.95. The van der Waals surface area contributed by atoms with Crippen molar-refractivity contribution in [2.24, 2.45) is 0 Å². The molecule has 0 saturated heterocycles. The molecule has 0 bridgehead atoms. The summed E-state index contributed by atoms with van der Waals surface area (Å²) in [5.74, 6) is -2.80. The number of unbranched alkanes of at least 4 members (excludes halogenated alkanes) is 6. The molecule has 0 amide bonds. The smallest absolute Gasteiger partial charge is 0.550 e. The van der Waals surface area contributed by atoms with Gasteiger partial charge in [-0.1, -0.05) is 59.3 Å². The second-order valence-corrected chi connectivity index (χ2v) is 5.49. The first-order chi connectivity index (χ1) is 11.3. The molecule has 0 N–H and O–H groups in total. The van der Waals surface area contributed by atoms with E-state index >= 15 is 0 Å². The van der Waals surface area contributed by atoms with Crippen LogP contribution in [-0.4, -0.2) is 43.8 Å². The Morgan fingerprint density at radius 1 is 0.520 bits per heavy atom. The Hall–Kier alpha value is -0.720. The minimum Gasteiger partial charge on any atom is -0.550 e. The van der Waals surface area contributed by atoms with E-state index in [9.17, 15) is 29.7 Å². The number of hydrogen-bond acceptors (Lipinski definition) is 6. The average molecular weight is 460 g/mol. The summed E-state index contributed by atoms with van der Waals surface area (Å²) in [5, 5.41) is 29.3. The molecule has 0 rings (SSSR count). The van der Waals surface area contributed by atoms with Gasteiger partial charge in [0.05, 0.1) is 0 Å². The second-order valence-electron chi connectivity index (χ2n) is 5.49. The summed E-state index contributed by atoms with van der Waals surface area (Å²) in [7, 11) is 0. The Balaban J connectivity index is -0.000000130. The van der Waals surface area contributed by atoms with Crippen molar-refractivity contribution in [2.75, 3.05) is 0 Å². The molecule has 0 aliphatic heterocycles. The first-order valence-corrected chi connectivity index (χ1v) is 8.91. The van der Waals surface area contributed by atoms with Crippen molar-refractivity contribution in [1.82, 2.24) is 0 Å². The minimum absolute atomic E-state index is 0. The number of hydrogen-bond donors (Lipinski definition) is 0. The quantitative estimate of drug-likeness (QED) is 0.393. The normalized spacial score (nSPS) is 8.76. The Morgan fingerprint density at radius 2 is 0.720 bits per heavy atom. The first-order valence-electron chi connectivity index (χ1n) is 8.91. The van der Waals surface area contributed by atoms with E-state index in [2.05, 4.69) is 0 Å². The predicted octanol–water partition coefficient (Wildman–Crippen LogP) is 0.569. The van der Waals surface area contributed by atoms with Crippen LogP contribution in [0.5, 0.6) is 0 Å². The summed E-state index contributed by atoms with van der Waals surface area (Å²) in [6, 6.07) is 0. The second kappa shape index (κ2) is 28.1. The molecule has 0 aromatic heterocycles. The molecule has 0 fully saturated rings. The molecule has 144 valence electrons. The van der Waals surface area contributed by atoms with Crippen LogP contribution in [-0.2, 0) is 14.4 Å². The van der Waals surface area contributed by atoms with Gasteiger partial charge >= 0.3 is 25.8 Å². The molecule has 0 radical (unpaired) electrons. The number of aliphatic carboxylic acids is 3. The summed E-state index contributed by atoms with van der Waals surface area (Å²) in [6.45, 7) is 6.11. The van der Waals surface area contributed by atoms with Crippen molar-refractivity contribution < 1.29 is 29.7 Å². The number of carbonyl (C=O) groups excluding carboxylic acids is 3. The summed E-state index contributed by atoms with van der Waals surface area (Å²) < 4.78 is 0. The molecule has 0 aromatic carbocycles. The zero-order valence-electron chi connectivity index (χ0n) is 16.0. The van der Waals surface area contributed by atoms with Crippen molar-refractivity contribution in [3.8, 4) is 0 Å². The van der Waals surface area contributed by atoms with Gasteiger partial charge in [0.25, 0.3) is 0 Å². The van der Waals surface area contributed by atoms with Crippen molar-refractivity contribution in [3.63, 3.8) is 0 Å². The van der Waals surface area contributed by atoms with Gasteiger partial charge in [0, 0.05) is 17.9 Å². The molecular formula is C18H33InO6. The van der Waals surface area contributed by atoms with Gasteiger partial charge in [0.15, 0.2) is 0 Å². The van der Waals surface area contributed by atoms with E-state index in [1.807, 2.05) is 20.8 Å². The maximum Gasteiger partial charge on any atom is 3.00 e. The molecule has 0 atom stereocenters. The van der Waals surface area contributed by atoms with Gasteiger partial charge in [-0.2, -0.15) is 0 Å².